The van der Waals surface area contributed by atoms with E-state index in [4.69, 9.17) is 12.2 Å². The lowest BCUT2D eigenvalue weighted by atomic mass is 10.0. The van der Waals surface area contributed by atoms with Gasteiger partial charge in [0, 0.05) is 29.8 Å². The van der Waals surface area contributed by atoms with Crippen LogP contribution in [0.3, 0.4) is 0 Å². The molecule has 0 saturated carbocycles. The second-order valence-electron chi connectivity index (χ2n) is 7.36. The summed E-state index contributed by atoms with van der Waals surface area (Å²) in [6.45, 7) is 6.09. The molecule has 0 radical (unpaired) electrons. The Morgan fingerprint density at radius 3 is 2.64 bits per heavy atom. The Hall–Kier alpha value is -2.73. The molecule has 4 rings (SSSR count). The number of nitrogens with one attached hydrogen (secondary N) is 1. The molecule has 2 atom stereocenters. The molecule has 3 heterocycles. The summed E-state index contributed by atoms with van der Waals surface area (Å²) < 4.78 is 16.1. The summed E-state index contributed by atoms with van der Waals surface area (Å²) in [7, 11) is 0. The first-order valence-electron chi connectivity index (χ1n) is 9.41. The third-order valence-electron chi connectivity index (χ3n) is 5.19. The SMILES string of the molecule is Cc1cc(N2C(=S)NC(c3ccccn3)C2c2cccn2C(C)C)ccc1F. The maximum absolute atomic E-state index is 13.9. The van der Waals surface area contributed by atoms with Gasteiger partial charge in [0.15, 0.2) is 5.11 Å². The highest BCUT2D eigenvalue weighted by atomic mass is 32.1. The van der Waals surface area contributed by atoms with Gasteiger partial charge in [-0.2, -0.15) is 0 Å². The van der Waals surface area contributed by atoms with Gasteiger partial charge in [0.1, 0.15) is 11.9 Å². The molecule has 0 spiro atoms. The highest BCUT2D eigenvalue weighted by Crippen LogP contribution is 2.42. The molecule has 28 heavy (non-hydrogen) atoms. The molecule has 0 bridgehead atoms. The number of halogens is 1. The van der Waals surface area contributed by atoms with Gasteiger partial charge in [0.05, 0.1) is 11.7 Å². The Balaban J connectivity index is 1.87. The number of thiocarbonyl (C=S) groups is 1. The van der Waals surface area contributed by atoms with Crippen molar-refractivity contribution in [1.82, 2.24) is 14.9 Å². The number of rotatable bonds is 4. The minimum atomic E-state index is -0.217. The summed E-state index contributed by atoms with van der Waals surface area (Å²) in [6.07, 6.45) is 3.88. The van der Waals surface area contributed by atoms with Crippen molar-refractivity contribution in [2.24, 2.45) is 0 Å². The molecular formula is C22H23FN4S. The average Bonchev–Trinajstić information content (AvgIpc) is 3.29. The zero-order chi connectivity index (χ0) is 19.8. The molecular weight excluding hydrogens is 371 g/mol. The number of aryl methyl sites for hydroxylation is 1. The lowest BCUT2D eigenvalue weighted by molar-refractivity contribution is 0.497. The van der Waals surface area contributed by atoms with Crippen LogP contribution in [0.5, 0.6) is 0 Å². The molecule has 6 heteroatoms. The second-order valence-corrected chi connectivity index (χ2v) is 7.75. The third-order valence-corrected chi connectivity index (χ3v) is 5.50. The van der Waals surface area contributed by atoms with Crippen LogP contribution in [-0.2, 0) is 0 Å². The minimum absolute atomic E-state index is 0.0929. The average molecular weight is 395 g/mol. The van der Waals surface area contributed by atoms with E-state index < -0.39 is 0 Å². The van der Waals surface area contributed by atoms with Crippen LogP contribution in [-0.4, -0.2) is 14.7 Å². The van der Waals surface area contributed by atoms with Crippen LogP contribution >= 0.6 is 12.2 Å². The van der Waals surface area contributed by atoms with Crippen molar-refractivity contribution in [3.8, 4) is 0 Å². The van der Waals surface area contributed by atoms with Crippen molar-refractivity contribution in [3.63, 3.8) is 0 Å². The van der Waals surface area contributed by atoms with Crippen LogP contribution in [0.4, 0.5) is 10.1 Å². The van der Waals surface area contributed by atoms with Crippen molar-refractivity contribution < 1.29 is 4.39 Å². The van der Waals surface area contributed by atoms with Crippen LogP contribution in [0.1, 0.15) is 48.9 Å². The first-order chi connectivity index (χ1) is 13.5. The summed E-state index contributed by atoms with van der Waals surface area (Å²) in [5.74, 6) is -0.217. The van der Waals surface area contributed by atoms with E-state index in [1.807, 2.05) is 24.3 Å². The van der Waals surface area contributed by atoms with Crippen molar-refractivity contribution >= 4 is 23.0 Å². The van der Waals surface area contributed by atoms with Gasteiger partial charge < -0.3 is 14.8 Å². The number of benzene rings is 1. The van der Waals surface area contributed by atoms with E-state index in [-0.39, 0.29) is 17.9 Å². The quantitative estimate of drug-likeness (QED) is 0.625. The summed E-state index contributed by atoms with van der Waals surface area (Å²) in [5.41, 5.74) is 3.53. The lowest BCUT2D eigenvalue weighted by Gasteiger charge is -2.30. The Labute approximate surface area is 170 Å². The number of aromatic nitrogens is 2. The van der Waals surface area contributed by atoms with E-state index in [2.05, 4.69) is 51.9 Å². The molecule has 4 nitrogen and oxygen atoms in total. The van der Waals surface area contributed by atoms with Crippen molar-refractivity contribution in [1.29, 1.82) is 0 Å². The fraction of sp³-hybridized carbons (Fsp3) is 0.273. The standard InChI is InChI=1S/C22H23FN4S/c1-14(2)26-12-6-8-19(26)21-20(18-7-4-5-11-24-18)25-22(28)27(21)16-9-10-17(23)15(3)13-16/h4-14,20-21H,1-3H3,(H,25,28). The molecule has 1 aliphatic heterocycles. The maximum Gasteiger partial charge on any atom is 0.174 e. The van der Waals surface area contributed by atoms with Gasteiger partial charge in [0.2, 0.25) is 0 Å². The largest absolute Gasteiger partial charge is 0.351 e. The zero-order valence-electron chi connectivity index (χ0n) is 16.1. The normalized spacial score (nSPS) is 19.3. The molecule has 0 amide bonds. The van der Waals surface area contributed by atoms with Gasteiger partial charge in [-0.15, -0.1) is 0 Å². The fourth-order valence-corrected chi connectivity index (χ4v) is 4.19. The molecule has 1 aromatic carbocycles. The van der Waals surface area contributed by atoms with Crippen LogP contribution in [0.2, 0.25) is 0 Å². The summed E-state index contributed by atoms with van der Waals surface area (Å²) in [5, 5.41) is 4.06. The summed E-state index contributed by atoms with van der Waals surface area (Å²) in [6, 6.07) is 15.3. The Bertz CT molecular complexity index is 999. The van der Waals surface area contributed by atoms with Crippen LogP contribution in [0.25, 0.3) is 0 Å². The Kier molecular flexibility index (Phi) is 4.89. The molecule has 1 saturated heterocycles. The first kappa shape index (κ1) is 18.6. The van der Waals surface area contributed by atoms with Gasteiger partial charge in [-0.1, -0.05) is 6.07 Å². The van der Waals surface area contributed by atoms with Crippen molar-refractivity contribution in [2.45, 2.75) is 38.9 Å². The van der Waals surface area contributed by atoms with Crippen molar-refractivity contribution in [2.75, 3.05) is 4.90 Å². The molecule has 1 fully saturated rings. The molecule has 3 aromatic rings. The molecule has 0 aliphatic carbocycles. The number of hydrogen-bond acceptors (Lipinski definition) is 2. The smallest absolute Gasteiger partial charge is 0.174 e. The highest BCUT2D eigenvalue weighted by molar-refractivity contribution is 7.80. The molecule has 144 valence electrons. The summed E-state index contributed by atoms with van der Waals surface area (Å²) in [4.78, 5) is 6.65. The molecule has 2 unspecified atom stereocenters. The monoisotopic (exact) mass is 394 g/mol. The van der Waals surface area contributed by atoms with E-state index >= 15 is 0 Å². The van der Waals surface area contributed by atoms with Gasteiger partial charge in [-0.05, 0) is 81.0 Å². The van der Waals surface area contributed by atoms with Gasteiger partial charge in [-0.3, -0.25) is 4.98 Å². The van der Waals surface area contributed by atoms with E-state index in [9.17, 15) is 4.39 Å². The number of hydrogen-bond donors (Lipinski definition) is 1. The Morgan fingerprint density at radius 2 is 1.96 bits per heavy atom. The van der Waals surface area contributed by atoms with Crippen LogP contribution in [0.15, 0.2) is 60.9 Å². The van der Waals surface area contributed by atoms with Gasteiger partial charge in [-0.25, -0.2) is 4.39 Å². The van der Waals surface area contributed by atoms with Crippen LogP contribution in [0, 0.1) is 12.7 Å². The predicted molar refractivity (Wildman–Crippen MR) is 114 cm³/mol. The van der Waals surface area contributed by atoms with Gasteiger partial charge in [0.25, 0.3) is 0 Å². The second kappa shape index (κ2) is 7.36. The maximum atomic E-state index is 13.9. The van der Waals surface area contributed by atoms with Crippen molar-refractivity contribution in [3.05, 3.63) is 83.7 Å². The van der Waals surface area contributed by atoms with E-state index in [0.717, 1.165) is 17.1 Å². The summed E-state index contributed by atoms with van der Waals surface area (Å²) >= 11 is 5.72. The topological polar surface area (TPSA) is 33.1 Å². The lowest BCUT2D eigenvalue weighted by Crippen LogP contribution is -2.30. The number of nitrogens with zero attached hydrogens (tertiary/aromatic N) is 3. The van der Waals surface area contributed by atoms with Gasteiger partial charge >= 0.3 is 0 Å². The highest BCUT2D eigenvalue weighted by Gasteiger charge is 2.42. The zero-order valence-corrected chi connectivity index (χ0v) is 16.9. The van der Waals surface area contributed by atoms with Crippen LogP contribution < -0.4 is 10.2 Å². The first-order valence-corrected chi connectivity index (χ1v) is 9.81. The van der Waals surface area contributed by atoms with E-state index in [1.165, 1.54) is 6.07 Å². The molecule has 1 aliphatic rings. The third kappa shape index (κ3) is 3.18. The number of pyridine rings is 1. The minimum Gasteiger partial charge on any atom is -0.351 e. The predicted octanol–water partition coefficient (Wildman–Crippen LogP) is 5.09. The van der Waals surface area contributed by atoms with E-state index in [1.54, 1.807) is 19.2 Å². The molecule has 1 N–H and O–H groups in total. The number of anilines is 1. The molecule has 2 aromatic heterocycles. The fourth-order valence-electron chi connectivity index (χ4n) is 3.84. The Morgan fingerprint density at radius 1 is 1.14 bits per heavy atom. The van der Waals surface area contributed by atoms with E-state index in [0.29, 0.717) is 16.7 Å².